The van der Waals surface area contributed by atoms with Crippen LogP contribution in [0, 0.1) is 0 Å². The second-order valence-electron chi connectivity index (χ2n) is 6.62. The summed E-state index contributed by atoms with van der Waals surface area (Å²) in [5.41, 5.74) is -0.725. The maximum atomic E-state index is 9.74. The van der Waals surface area contributed by atoms with Crippen molar-refractivity contribution in [3.05, 3.63) is 133 Å². The van der Waals surface area contributed by atoms with E-state index in [4.69, 9.17) is 19.2 Å². The largest absolute Gasteiger partial charge is 0.355 e. The minimum atomic E-state index is -5.97. The highest BCUT2D eigenvalue weighted by molar-refractivity contribution is 7.20. The van der Waals surface area contributed by atoms with Crippen molar-refractivity contribution in [2.45, 2.75) is 0 Å². The van der Waals surface area contributed by atoms with Crippen molar-refractivity contribution in [3.63, 3.8) is 0 Å². The maximum Gasteiger partial charge on any atom is 0.179 e. The van der Waals surface area contributed by atoms with Gasteiger partial charge in [-0.2, -0.15) is 0 Å². The SMILES string of the molecule is [2H]c1c([2H])c([2H])c([Si](c2c([2H])c([2H])c([2H])c([2H])c2[2H])(c2c([2H])c([2H])c([2H])c([2H])c2[2H])c2c([2H])c([2H])c3[nH]c4c([2H])c([2H])c([2H])c([2H])c4c3c2[2H])c([2H])c1[2H]. The van der Waals surface area contributed by atoms with Crippen LogP contribution >= 0.6 is 0 Å². The molecule has 0 unspecified atom stereocenters. The predicted molar refractivity (Wildman–Crippen MR) is 139 cm³/mol. The molecular weight excluding hydrogens is 402 g/mol. The van der Waals surface area contributed by atoms with E-state index in [1.54, 1.807) is 0 Å². The van der Waals surface area contributed by atoms with E-state index in [1.165, 1.54) is 0 Å². The van der Waals surface area contributed by atoms with Gasteiger partial charge in [-0.3, -0.25) is 0 Å². The van der Waals surface area contributed by atoms with Gasteiger partial charge in [0.05, 0.1) is 30.2 Å². The van der Waals surface area contributed by atoms with Crippen LogP contribution in [0.2, 0.25) is 0 Å². The third-order valence-corrected chi connectivity index (χ3v) is 9.00. The van der Waals surface area contributed by atoms with E-state index in [0.717, 1.165) is 0 Å². The number of aromatic amines is 1. The molecule has 1 heterocycles. The average molecular weight is 448 g/mol. The minimum absolute atomic E-state index is 0.324. The average Bonchev–Trinajstić information content (AvgIpc) is 3.55. The predicted octanol–water partition coefficient (Wildman–Crippen LogP) is 4.70. The van der Waals surface area contributed by atoms with E-state index >= 15 is 0 Å². The number of fused-ring (bicyclic) bond motifs is 3. The van der Waals surface area contributed by atoms with Crippen molar-refractivity contribution in [2.24, 2.45) is 0 Å². The molecule has 0 saturated carbocycles. The molecular formula is C30H23NSi. The summed E-state index contributed by atoms with van der Waals surface area (Å²) < 4.78 is 194. The summed E-state index contributed by atoms with van der Waals surface area (Å²) >= 11 is 0. The molecule has 0 fully saturated rings. The lowest BCUT2D eigenvalue weighted by molar-refractivity contribution is 1.55. The number of aromatic nitrogens is 1. The van der Waals surface area contributed by atoms with Gasteiger partial charge in [0, 0.05) is 21.8 Å². The number of hydrogen-bond donors (Lipinski definition) is 1. The first-order valence-electron chi connectivity index (χ1n) is 20.2. The van der Waals surface area contributed by atoms with Gasteiger partial charge in [0.25, 0.3) is 0 Å². The summed E-state index contributed by atoms with van der Waals surface area (Å²) in [5, 5.41) is -4.70. The van der Waals surface area contributed by atoms with Gasteiger partial charge in [0.1, 0.15) is 0 Å². The number of rotatable bonds is 4. The van der Waals surface area contributed by atoms with Crippen LogP contribution in [0.5, 0.6) is 0 Å². The Bertz CT molecular complexity index is 2450. The van der Waals surface area contributed by atoms with E-state index in [-0.39, 0.29) is 5.52 Å². The molecule has 5 aromatic carbocycles. The number of benzene rings is 5. The molecule has 32 heavy (non-hydrogen) atoms. The van der Waals surface area contributed by atoms with Crippen LogP contribution in [0.1, 0.15) is 30.2 Å². The van der Waals surface area contributed by atoms with Gasteiger partial charge in [-0.25, -0.2) is 0 Å². The standard InChI is InChI=1S/C30H23NSi/c1-4-12-23(13-5-1)32(24-14-6-2-7-15-24,25-16-8-3-9-17-25)26-20-21-30-28(22-26)27-18-10-11-19-29(27)31-30/h1-22,31H/i1D,2D,3D,4D,5D,6D,7D,8D,9D,10D,11D,12D,13D,14D,15D,16D,17D,18D,19D,20D,21D,22D. The molecule has 152 valence electrons. The minimum Gasteiger partial charge on any atom is -0.355 e. The van der Waals surface area contributed by atoms with Crippen LogP contribution in [0.4, 0.5) is 0 Å². The second kappa shape index (κ2) is 7.67. The second-order valence-corrected chi connectivity index (χ2v) is 10.1. The summed E-state index contributed by atoms with van der Waals surface area (Å²) in [6.45, 7) is 0. The summed E-state index contributed by atoms with van der Waals surface area (Å²) in [7, 11) is -5.97. The van der Waals surface area contributed by atoms with Crippen LogP contribution in [0.15, 0.2) is 133 Å². The van der Waals surface area contributed by atoms with Crippen LogP contribution in [0.3, 0.4) is 0 Å². The summed E-state index contributed by atoms with van der Waals surface area (Å²) in [4.78, 5) is 2.65. The topological polar surface area (TPSA) is 15.8 Å². The summed E-state index contributed by atoms with van der Waals surface area (Å²) in [6, 6.07) is -21.8. The van der Waals surface area contributed by atoms with Gasteiger partial charge in [-0.15, -0.1) is 0 Å². The van der Waals surface area contributed by atoms with Crippen molar-refractivity contribution in [1.29, 1.82) is 0 Å². The van der Waals surface area contributed by atoms with Crippen molar-refractivity contribution in [3.8, 4) is 0 Å². The van der Waals surface area contributed by atoms with Gasteiger partial charge in [0.15, 0.2) is 8.07 Å². The first-order chi connectivity index (χ1) is 25.0. The summed E-state index contributed by atoms with van der Waals surface area (Å²) in [6.07, 6.45) is 0. The van der Waals surface area contributed by atoms with Gasteiger partial charge in [-0.1, -0.05) is 121 Å². The number of nitrogens with one attached hydrogen (secondary N) is 1. The van der Waals surface area contributed by atoms with Crippen LogP contribution in [0.25, 0.3) is 21.8 Å². The Morgan fingerprint density at radius 3 is 1.47 bits per heavy atom. The lowest BCUT2D eigenvalue weighted by Gasteiger charge is -2.34. The molecule has 6 aromatic rings. The highest BCUT2D eigenvalue weighted by atomic mass is 28.3. The molecule has 0 atom stereocenters. The zero-order valence-corrected chi connectivity index (χ0v) is 17.0. The zero-order valence-electron chi connectivity index (χ0n) is 38.0. The number of para-hydroxylation sites is 1. The third-order valence-electron chi connectivity index (χ3n) is 5.00. The van der Waals surface area contributed by atoms with Crippen LogP contribution in [-0.2, 0) is 0 Å². The molecule has 1 N–H and O–H groups in total. The smallest absolute Gasteiger partial charge is 0.179 e. The number of H-pyrrole nitrogens is 1. The fourth-order valence-electron chi connectivity index (χ4n) is 3.66. The molecule has 0 spiro atoms. The lowest BCUT2D eigenvalue weighted by atomic mass is 10.1. The molecule has 0 radical (unpaired) electrons. The van der Waals surface area contributed by atoms with Gasteiger partial charge in [0.2, 0.25) is 0 Å². The molecule has 0 aliphatic rings. The molecule has 0 bridgehead atoms. The van der Waals surface area contributed by atoms with Crippen molar-refractivity contribution >= 4 is 50.6 Å². The van der Waals surface area contributed by atoms with E-state index in [2.05, 4.69) is 4.98 Å². The molecule has 0 saturated heterocycles. The fourth-order valence-corrected chi connectivity index (χ4v) is 7.22. The van der Waals surface area contributed by atoms with Crippen LogP contribution < -0.4 is 20.7 Å². The van der Waals surface area contributed by atoms with Crippen molar-refractivity contribution in [2.75, 3.05) is 0 Å². The molecule has 0 aliphatic heterocycles. The third kappa shape index (κ3) is 2.84. The Hall–Kier alpha value is -3.88. The molecule has 0 amide bonds. The number of hydrogen-bond acceptors (Lipinski definition) is 0. The van der Waals surface area contributed by atoms with Gasteiger partial charge >= 0.3 is 0 Å². The highest BCUT2D eigenvalue weighted by Crippen LogP contribution is 2.25. The van der Waals surface area contributed by atoms with E-state index in [0.29, 0.717) is 0 Å². The molecule has 1 nitrogen and oxygen atoms in total. The first kappa shape index (κ1) is 6.81. The molecule has 2 heteroatoms. The Labute approximate surface area is 219 Å². The fraction of sp³-hybridized carbons (Fsp3) is 0. The van der Waals surface area contributed by atoms with E-state index in [9.17, 15) is 11.0 Å². The molecule has 1 aromatic heterocycles. The van der Waals surface area contributed by atoms with Gasteiger partial charge in [-0.05, 0) is 32.8 Å². The summed E-state index contributed by atoms with van der Waals surface area (Å²) in [5.74, 6) is 0. The van der Waals surface area contributed by atoms with E-state index in [1.807, 2.05) is 0 Å². The lowest BCUT2D eigenvalue weighted by Crippen LogP contribution is -2.74. The Morgan fingerprint density at radius 1 is 0.438 bits per heavy atom. The zero-order chi connectivity index (χ0) is 40.5. The monoisotopic (exact) mass is 447 g/mol. The Balaban J connectivity index is 2.16. The maximum absolute atomic E-state index is 9.74. The highest BCUT2D eigenvalue weighted by Gasteiger charge is 2.41. The Morgan fingerprint density at radius 2 is 0.906 bits per heavy atom. The van der Waals surface area contributed by atoms with Crippen molar-refractivity contribution < 1.29 is 30.2 Å². The quantitative estimate of drug-likeness (QED) is 0.298. The van der Waals surface area contributed by atoms with Gasteiger partial charge < -0.3 is 4.98 Å². The Kier molecular flexibility index (Phi) is 1.63. The van der Waals surface area contributed by atoms with Crippen LogP contribution in [-0.4, -0.2) is 13.1 Å². The molecule has 6 rings (SSSR count). The first-order valence-corrected chi connectivity index (χ1v) is 11.2. The van der Waals surface area contributed by atoms with E-state index < -0.39 is 178 Å². The van der Waals surface area contributed by atoms with Crippen molar-refractivity contribution in [1.82, 2.24) is 4.98 Å². The normalized spacial score (nSPS) is 21.4. The molecule has 0 aliphatic carbocycles.